The van der Waals surface area contributed by atoms with Gasteiger partial charge in [-0.05, 0) is 126 Å². The molecule has 3 N–H and O–H groups in total. The van der Waals surface area contributed by atoms with Gasteiger partial charge in [-0.1, -0.05) is 48.6 Å². The van der Waals surface area contributed by atoms with Crippen LogP contribution in [0.2, 0.25) is 0 Å². The van der Waals surface area contributed by atoms with Crippen molar-refractivity contribution in [3.8, 4) is 11.5 Å². The Labute approximate surface area is 271 Å². The third-order valence-electron chi connectivity index (χ3n) is 8.42. The monoisotopic (exact) mass is 619 g/mol. The molecule has 0 spiro atoms. The second-order valence-electron chi connectivity index (χ2n) is 12.6. The summed E-state index contributed by atoms with van der Waals surface area (Å²) in [5.41, 5.74) is 6.27. The molecule has 4 aromatic carbocycles. The molecule has 0 saturated carbocycles. The Bertz CT molecular complexity index is 1770. The van der Waals surface area contributed by atoms with Crippen molar-refractivity contribution in [3.05, 3.63) is 107 Å². The molecule has 0 fully saturated rings. The Morgan fingerprint density at radius 3 is 1.82 bits per heavy atom. The van der Waals surface area contributed by atoms with Crippen LogP contribution >= 0.6 is 12.2 Å². The second-order valence-corrected chi connectivity index (χ2v) is 13.0. The summed E-state index contributed by atoms with van der Waals surface area (Å²) in [5, 5.41) is 24.0. The minimum Gasteiger partial charge on any atom is -0.508 e. The van der Waals surface area contributed by atoms with Crippen LogP contribution in [-0.4, -0.2) is 38.1 Å². The maximum atomic E-state index is 10.2. The molecule has 0 aliphatic carbocycles. The van der Waals surface area contributed by atoms with Crippen LogP contribution in [0.5, 0.6) is 11.5 Å². The van der Waals surface area contributed by atoms with Gasteiger partial charge in [0.1, 0.15) is 22.0 Å². The number of guanidine groups is 1. The summed E-state index contributed by atoms with van der Waals surface area (Å²) in [6, 6.07) is 26.5. The number of nitrogens with zero attached hydrogens (tertiary/aromatic N) is 4. The van der Waals surface area contributed by atoms with Gasteiger partial charge in [-0.3, -0.25) is 9.80 Å². The standard InChI is InChI=1S/C37H41N5O2S/c1-23-11-9-12-24(2)31(23)38-33-36(5,6)41(27-15-19-29(43)20-16-27)35(40-33)42(28-17-21-30(44)22-18-28)37(7,8)34(45)39-32-25(3)13-10-14-26(32)4/h9-22,43-44H,1-8H3,(H,39,45). The fourth-order valence-corrected chi connectivity index (χ4v) is 5.93. The average molecular weight is 620 g/mol. The maximum Gasteiger partial charge on any atom is 0.214 e. The fraction of sp³-hybridized carbons (Fsp3) is 0.270. The molecule has 4 aromatic rings. The topological polar surface area (TPSA) is 83.7 Å². The fourth-order valence-electron chi connectivity index (χ4n) is 5.74. The third-order valence-corrected chi connectivity index (χ3v) is 9.02. The summed E-state index contributed by atoms with van der Waals surface area (Å²) in [4.78, 5) is 15.3. The van der Waals surface area contributed by atoms with Crippen LogP contribution < -0.4 is 15.1 Å². The summed E-state index contributed by atoms with van der Waals surface area (Å²) < 4.78 is 0. The summed E-state index contributed by atoms with van der Waals surface area (Å²) in [6.07, 6.45) is 0. The molecule has 0 bridgehead atoms. The first-order valence-corrected chi connectivity index (χ1v) is 15.4. The van der Waals surface area contributed by atoms with E-state index in [1.165, 1.54) is 0 Å². The first kappa shape index (κ1) is 31.7. The summed E-state index contributed by atoms with van der Waals surface area (Å²) >= 11 is 6.19. The van der Waals surface area contributed by atoms with E-state index in [0.717, 1.165) is 45.0 Å². The van der Waals surface area contributed by atoms with E-state index in [9.17, 15) is 10.2 Å². The van der Waals surface area contributed by atoms with Crippen molar-refractivity contribution in [1.82, 2.24) is 0 Å². The molecule has 0 atom stereocenters. The molecule has 7 nitrogen and oxygen atoms in total. The van der Waals surface area contributed by atoms with E-state index in [1.54, 1.807) is 24.3 Å². The molecule has 0 radical (unpaired) electrons. The highest BCUT2D eigenvalue weighted by atomic mass is 32.1. The summed E-state index contributed by atoms with van der Waals surface area (Å²) in [7, 11) is 0. The van der Waals surface area contributed by atoms with Crippen LogP contribution in [0.25, 0.3) is 0 Å². The molecule has 1 heterocycles. The minimum atomic E-state index is -0.820. The van der Waals surface area contributed by atoms with Gasteiger partial charge in [0.25, 0.3) is 0 Å². The first-order chi connectivity index (χ1) is 21.2. The van der Waals surface area contributed by atoms with E-state index in [4.69, 9.17) is 22.2 Å². The van der Waals surface area contributed by atoms with E-state index in [2.05, 4.69) is 94.8 Å². The van der Waals surface area contributed by atoms with Gasteiger partial charge in [0, 0.05) is 17.1 Å². The normalized spacial score (nSPS) is 15.2. The molecular formula is C37H41N5O2S. The Balaban J connectivity index is 1.74. The highest BCUT2D eigenvalue weighted by Gasteiger charge is 2.48. The number of aromatic hydroxyl groups is 2. The average Bonchev–Trinajstić information content (AvgIpc) is 3.23. The molecule has 5 rings (SSSR count). The second kappa shape index (κ2) is 12.0. The van der Waals surface area contributed by atoms with Crippen LogP contribution in [0.1, 0.15) is 49.9 Å². The lowest BCUT2D eigenvalue weighted by Crippen LogP contribution is -2.61. The van der Waals surface area contributed by atoms with Crippen molar-refractivity contribution < 1.29 is 10.2 Å². The van der Waals surface area contributed by atoms with Crippen molar-refractivity contribution in [2.24, 2.45) is 9.98 Å². The number of nitrogens with one attached hydrogen (secondary N) is 1. The smallest absolute Gasteiger partial charge is 0.214 e. The Morgan fingerprint density at radius 1 is 0.800 bits per heavy atom. The molecule has 0 unspecified atom stereocenters. The highest BCUT2D eigenvalue weighted by Crippen LogP contribution is 2.39. The van der Waals surface area contributed by atoms with Crippen molar-refractivity contribution >= 4 is 51.8 Å². The quantitative estimate of drug-likeness (QED) is 0.187. The van der Waals surface area contributed by atoms with E-state index in [-0.39, 0.29) is 11.5 Å². The van der Waals surface area contributed by atoms with Crippen molar-refractivity contribution in [2.45, 2.75) is 66.5 Å². The van der Waals surface area contributed by atoms with Gasteiger partial charge in [-0.2, -0.15) is 4.99 Å². The van der Waals surface area contributed by atoms with Gasteiger partial charge < -0.3 is 15.5 Å². The molecule has 1 aliphatic heterocycles. The maximum absolute atomic E-state index is 10.2. The van der Waals surface area contributed by atoms with E-state index < -0.39 is 11.1 Å². The van der Waals surface area contributed by atoms with Crippen LogP contribution in [0, 0.1) is 27.7 Å². The molecule has 1 aliphatic rings. The lowest BCUT2D eigenvalue weighted by Gasteiger charge is -2.45. The van der Waals surface area contributed by atoms with Crippen molar-refractivity contribution in [2.75, 3.05) is 15.1 Å². The number of aliphatic imine (C=N–C) groups is 2. The lowest BCUT2D eigenvalue weighted by molar-refractivity contribution is 0.475. The number of phenolic OH excluding ortho intramolecular Hbond substituents is 2. The number of amidine groups is 1. The van der Waals surface area contributed by atoms with Gasteiger partial charge in [-0.25, -0.2) is 4.99 Å². The largest absolute Gasteiger partial charge is 0.508 e. The first-order valence-electron chi connectivity index (χ1n) is 15.0. The number of para-hydroxylation sites is 2. The van der Waals surface area contributed by atoms with Crippen LogP contribution in [0.4, 0.5) is 22.7 Å². The number of hydrogen-bond acceptors (Lipinski definition) is 6. The number of phenols is 2. The SMILES string of the molecule is Cc1cccc(C)c1N=C1N=C(N(c2ccc(O)cc2)C(C)(C)C(=S)Nc2c(C)cccc2C)N(c2ccc(O)cc2)C1(C)C. The molecular weight excluding hydrogens is 579 g/mol. The van der Waals surface area contributed by atoms with Crippen molar-refractivity contribution in [1.29, 1.82) is 0 Å². The Morgan fingerprint density at radius 2 is 1.29 bits per heavy atom. The summed E-state index contributed by atoms with van der Waals surface area (Å²) in [5.74, 6) is 1.58. The number of anilines is 3. The zero-order valence-electron chi connectivity index (χ0n) is 27.2. The highest BCUT2D eigenvalue weighted by molar-refractivity contribution is 7.80. The van der Waals surface area contributed by atoms with Crippen LogP contribution in [-0.2, 0) is 0 Å². The zero-order chi connectivity index (χ0) is 32.7. The molecule has 0 amide bonds. The lowest BCUT2D eigenvalue weighted by atomic mass is 9.98. The number of rotatable bonds is 6. The van der Waals surface area contributed by atoms with E-state index >= 15 is 0 Å². The predicted octanol–water partition coefficient (Wildman–Crippen LogP) is 8.74. The molecule has 0 saturated heterocycles. The molecule has 0 aromatic heterocycles. The Kier molecular flexibility index (Phi) is 8.47. The number of thiocarbonyl (C=S) groups is 1. The third kappa shape index (κ3) is 6.02. The van der Waals surface area contributed by atoms with Gasteiger partial charge in [0.2, 0.25) is 5.96 Å². The molecule has 232 valence electrons. The van der Waals surface area contributed by atoms with E-state index in [0.29, 0.717) is 16.8 Å². The van der Waals surface area contributed by atoms with Crippen molar-refractivity contribution in [3.63, 3.8) is 0 Å². The zero-order valence-corrected chi connectivity index (χ0v) is 28.0. The van der Waals surface area contributed by atoms with Gasteiger partial charge in [-0.15, -0.1) is 0 Å². The number of aryl methyl sites for hydroxylation is 4. The molecule has 8 heteroatoms. The van der Waals surface area contributed by atoms with E-state index in [1.807, 2.05) is 36.4 Å². The minimum absolute atomic E-state index is 0.161. The van der Waals surface area contributed by atoms with Gasteiger partial charge in [0.05, 0.1) is 11.2 Å². The predicted molar refractivity (Wildman–Crippen MR) is 192 cm³/mol. The Hall–Kier alpha value is -4.69. The summed E-state index contributed by atoms with van der Waals surface area (Å²) in [6.45, 7) is 16.6. The van der Waals surface area contributed by atoms with Gasteiger partial charge >= 0.3 is 0 Å². The van der Waals surface area contributed by atoms with Crippen LogP contribution in [0.15, 0.2) is 94.9 Å². The van der Waals surface area contributed by atoms with Gasteiger partial charge in [0.15, 0.2) is 5.84 Å². The van der Waals surface area contributed by atoms with Crippen LogP contribution in [0.3, 0.4) is 0 Å². The number of benzene rings is 4. The number of hydrogen-bond donors (Lipinski definition) is 3. The molecule has 45 heavy (non-hydrogen) atoms.